The lowest BCUT2D eigenvalue weighted by Crippen LogP contribution is -2.32. The summed E-state index contributed by atoms with van der Waals surface area (Å²) >= 11 is 6.11. The van der Waals surface area contributed by atoms with Gasteiger partial charge in [-0.2, -0.15) is 0 Å². The van der Waals surface area contributed by atoms with Crippen LogP contribution < -0.4 is 10.1 Å². The minimum absolute atomic E-state index is 0.0300. The molecule has 1 saturated carbocycles. The summed E-state index contributed by atoms with van der Waals surface area (Å²) in [7, 11) is -3.28. The van der Waals surface area contributed by atoms with Gasteiger partial charge in [0.2, 0.25) is 5.82 Å². The quantitative estimate of drug-likeness (QED) is 0.657. The van der Waals surface area contributed by atoms with Crippen molar-refractivity contribution in [3.8, 4) is 5.75 Å². The predicted molar refractivity (Wildman–Crippen MR) is 110 cm³/mol. The van der Waals surface area contributed by atoms with Gasteiger partial charge in [0.1, 0.15) is 11.9 Å². The number of nitrogens with one attached hydrogen (secondary N) is 1. The van der Waals surface area contributed by atoms with Crippen LogP contribution in [0.1, 0.15) is 42.1 Å². The lowest BCUT2D eigenvalue weighted by atomic mass is 10.0. The smallest absolute Gasteiger partial charge is 0.289 e. The van der Waals surface area contributed by atoms with Gasteiger partial charge in [0.15, 0.2) is 15.6 Å². The first-order chi connectivity index (χ1) is 14.1. The van der Waals surface area contributed by atoms with Gasteiger partial charge in [-0.05, 0) is 25.8 Å². The SMILES string of the molecule is C[C@H](/C=C/S(C)(=O)=O)NC(=O)c1ncc(O[C@H](c2cccc(F)c2Cl)C2CC2)cn1. The lowest BCUT2D eigenvalue weighted by Gasteiger charge is -2.20. The Morgan fingerprint density at radius 1 is 1.33 bits per heavy atom. The van der Waals surface area contributed by atoms with Crippen LogP contribution in [0.2, 0.25) is 5.02 Å². The van der Waals surface area contributed by atoms with Crippen molar-refractivity contribution in [1.82, 2.24) is 15.3 Å². The highest BCUT2D eigenvalue weighted by atomic mass is 35.5. The fourth-order valence-electron chi connectivity index (χ4n) is 2.77. The second-order valence-electron chi connectivity index (χ2n) is 7.18. The number of ether oxygens (including phenoxy) is 1. The van der Waals surface area contributed by atoms with E-state index in [9.17, 15) is 17.6 Å². The lowest BCUT2D eigenvalue weighted by molar-refractivity contribution is 0.0936. The Balaban J connectivity index is 1.68. The molecule has 0 bridgehead atoms. The largest absolute Gasteiger partial charge is 0.482 e. The third-order valence-corrected chi connectivity index (χ3v) is 5.46. The molecule has 1 aliphatic rings. The van der Waals surface area contributed by atoms with Crippen LogP contribution in [0, 0.1) is 11.7 Å². The molecular formula is C20H21ClFN3O4S. The van der Waals surface area contributed by atoms with E-state index in [1.807, 2.05) is 0 Å². The number of hydrogen-bond acceptors (Lipinski definition) is 6. The number of nitrogens with zero attached hydrogens (tertiary/aromatic N) is 2. The van der Waals surface area contributed by atoms with E-state index in [1.54, 1.807) is 19.1 Å². The highest BCUT2D eigenvalue weighted by Gasteiger charge is 2.36. The van der Waals surface area contributed by atoms with Gasteiger partial charge in [0.25, 0.3) is 5.91 Å². The van der Waals surface area contributed by atoms with Crippen LogP contribution in [-0.2, 0) is 9.84 Å². The highest BCUT2D eigenvalue weighted by molar-refractivity contribution is 7.93. The molecule has 1 fully saturated rings. The van der Waals surface area contributed by atoms with Gasteiger partial charge in [0.05, 0.1) is 17.4 Å². The Labute approximate surface area is 179 Å². The van der Waals surface area contributed by atoms with Crippen molar-refractivity contribution in [1.29, 1.82) is 0 Å². The molecule has 160 valence electrons. The number of hydrogen-bond donors (Lipinski definition) is 1. The van der Waals surface area contributed by atoms with Crippen LogP contribution in [0.25, 0.3) is 0 Å². The number of amides is 1. The zero-order valence-corrected chi connectivity index (χ0v) is 18.0. The van der Waals surface area contributed by atoms with Crippen molar-refractivity contribution in [3.63, 3.8) is 0 Å². The number of rotatable bonds is 8. The van der Waals surface area contributed by atoms with E-state index in [2.05, 4.69) is 15.3 Å². The minimum Gasteiger partial charge on any atom is -0.482 e. The van der Waals surface area contributed by atoms with Gasteiger partial charge in [-0.25, -0.2) is 22.8 Å². The first-order valence-corrected chi connectivity index (χ1v) is 11.6. The second kappa shape index (κ2) is 9.09. The van der Waals surface area contributed by atoms with E-state index in [0.29, 0.717) is 11.3 Å². The molecule has 0 saturated heterocycles. The molecule has 0 spiro atoms. The first kappa shape index (κ1) is 22.2. The van der Waals surface area contributed by atoms with Gasteiger partial charge >= 0.3 is 0 Å². The molecule has 30 heavy (non-hydrogen) atoms. The maximum absolute atomic E-state index is 13.8. The summed E-state index contributed by atoms with van der Waals surface area (Å²) in [4.78, 5) is 20.2. The Morgan fingerprint density at radius 2 is 2.00 bits per heavy atom. The van der Waals surface area contributed by atoms with Gasteiger partial charge in [-0.3, -0.25) is 4.79 Å². The monoisotopic (exact) mass is 453 g/mol. The molecule has 1 heterocycles. The Kier molecular flexibility index (Phi) is 6.72. The van der Waals surface area contributed by atoms with Gasteiger partial charge in [-0.1, -0.05) is 29.8 Å². The molecular weight excluding hydrogens is 433 g/mol. The van der Waals surface area contributed by atoms with Crippen LogP contribution in [0.15, 0.2) is 42.1 Å². The number of carbonyl (C=O) groups excluding carboxylic acids is 1. The Hall–Kier alpha value is -2.52. The first-order valence-electron chi connectivity index (χ1n) is 9.26. The van der Waals surface area contributed by atoms with Gasteiger partial charge in [0, 0.05) is 29.2 Å². The summed E-state index contributed by atoms with van der Waals surface area (Å²) in [5.41, 5.74) is 0.562. The van der Waals surface area contributed by atoms with E-state index in [1.165, 1.54) is 24.5 Å². The maximum atomic E-state index is 13.8. The molecule has 1 N–H and O–H groups in total. The standard InChI is InChI=1S/C20H21ClFN3O4S/c1-12(8-9-30(2,27)28)25-20(26)19-23-10-14(11-24-19)29-18(13-6-7-13)15-4-3-5-16(22)17(15)21/h3-5,8-13,18H,6-7H2,1-2H3,(H,25,26)/b9-8+/t12-,18+/m1/s1. The van der Waals surface area contributed by atoms with E-state index >= 15 is 0 Å². The van der Waals surface area contributed by atoms with Crippen LogP contribution in [-0.4, -0.2) is 36.6 Å². The molecule has 1 aromatic heterocycles. The average Bonchev–Trinajstić information content (AvgIpc) is 3.52. The predicted octanol–water partition coefficient (Wildman–Crippen LogP) is 3.48. The zero-order valence-electron chi connectivity index (χ0n) is 16.4. The molecule has 0 radical (unpaired) electrons. The molecule has 7 nitrogen and oxygen atoms in total. The number of carbonyl (C=O) groups is 1. The topological polar surface area (TPSA) is 98.2 Å². The van der Waals surface area contributed by atoms with Crippen molar-refractivity contribution in [2.45, 2.75) is 31.9 Å². The molecule has 1 aromatic carbocycles. The molecule has 2 aromatic rings. The van der Waals surface area contributed by atoms with Crippen molar-refractivity contribution in [2.75, 3.05) is 6.26 Å². The number of benzene rings is 1. The van der Waals surface area contributed by atoms with Crippen LogP contribution in [0.5, 0.6) is 5.75 Å². The molecule has 2 atom stereocenters. The van der Waals surface area contributed by atoms with Gasteiger partial charge in [-0.15, -0.1) is 0 Å². The number of halogens is 2. The fourth-order valence-corrected chi connectivity index (χ4v) is 3.53. The van der Waals surface area contributed by atoms with Crippen LogP contribution in [0.4, 0.5) is 4.39 Å². The summed E-state index contributed by atoms with van der Waals surface area (Å²) in [5.74, 6) is -0.609. The zero-order chi connectivity index (χ0) is 21.9. The molecule has 3 rings (SSSR count). The third kappa shape index (κ3) is 5.99. The fraction of sp³-hybridized carbons (Fsp3) is 0.350. The summed E-state index contributed by atoms with van der Waals surface area (Å²) in [6.07, 6.45) is 6.59. The number of sulfone groups is 1. The van der Waals surface area contributed by atoms with Crippen molar-refractivity contribution >= 4 is 27.3 Å². The van der Waals surface area contributed by atoms with Crippen LogP contribution in [0.3, 0.4) is 0 Å². The minimum atomic E-state index is -3.28. The Bertz CT molecular complexity index is 1060. The molecule has 1 aliphatic carbocycles. The van der Waals surface area contributed by atoms with E-state index in [4.69, 9.17) is 16.3 Å². The van der Waals surface area contributed by atoms with Crippen LogP contribution >= 0.6 is 11.6 Å². The molecule has 10 heteroatoms. The van der Waals surface area contributed by atoms with E-state index in [-0.39, 0.29) is 16.8 Å². The highest BCUT2D eigenvalue weighted by Crippen LogP contribution is 2.45. The summed E-state index contributed by atoms with van der Waals surface area (Å²) in [6.45, 7) is 1.63. The average molecular weight is 454 g/mol. The molecule has 1 amide bonds. The summed E-state index contributed by atoms with van der Waals surface area (Å²) in [6, 6.07) is 4.07. The summed E-state index contributed by atoms with van der Waals surface area (Å²) in [5, 5.41) is 3.63. The molecule has 0 aliphatic heterocycles. The van der Waals surface area contributed by atoms with Crippen molar-refractivity contribution in [3.05, 3.63) is 64.3 Å². The van der Waals surface area contributed by atoms with Crippen molar-refractivity contribution in [2.24, 2.45) is 5.92 Å². The van der Waals surface area contributed by atoms with Gasteiger partial charge < -0.3 is 10.1 Å². The molecule has 0 unspecified atom stereocenters. The van der Waals surface area contributed by atoms with E-state index in [0.717, 1.165) is 24.5 Å². The number of aromatic nitrogens is 2. The normalized spacial score (nSPS) is 16.3. The third-order valence-electron chi connectivity index (χ3n) is 4.41. The maximum Gasteiger partial charge on any atom is 0.289 e. The van der Waals surface area contributed by atoms with E-state index < -0.39 is 33.7 Å². The summed E-state index contributed by atoms with van der Waals surface area (Å²) < 4.78 is 42.1. The Morgan fingerprint density at radius 3 is 2.60 bits per heavy atom. The second-order valence-corrected chi connectivity index (χ2v) is 9.49. The van der Waals surface area contributed by atoms with Crippen molar-refractivity contribution < 1.29 is 22.3 Å².